The number of nitrogens with zero attached hydrogens (tertiary/aromatic N) is 1. The van der Waals surface area contributed by atoms with Gasteiger partial charge in [0, 0.05) is 48.3 Å². The molecule has 10 N–H and O–H groups in total. The Morgan fingerprint density at radius 2 is 1.24 bits per heavy atom. The zero-order valence-corrected chi connectivity index (χ0v) is 49.3. The van der Waals surface area contributed by atoms with Gasteiger partial charge in [0.1, 0.15) is 12.1 Å². The van der Waals surface area contributed by atoms with Crippen molar-refractivity contribution in [2.45, 2.75) is 90.3 Å². The number of rotatable bonds is 26. The molecule has 0 spiro atoms. The van der Waals surface area contributed by atoms with Crippen LogP contribution in [0.3, 0.4) is 0 Å². The maximum absolute atomic E-state index is 13.6. The largest absolute Gasteiger partial charge is 0.493 e. The molecule has 8 amide bonds. The second kappa shape index (κ2) is 32.4. The molecule has 0 fully saturated rings. The molecule has 4 atom stereocenters. The van der Waals surface area contributed by atoms with Gasteiger partial charge in [-0.05, 0) is 140 Å². The molecule has 6 aromatic carbocycles. The monoisotopic (exact) mass is 1200 g/mol. The highest BCUT2D eigenvalue weighted by molar-refractivity contribution is 7.78. The predicted molar refractivity (Wildman–Crippen MR) is 327 cm³/mol. The topological polar surface area (TPSA) is 321 Å². The third kappa shape index (κ3) is 19.7. The number of aliphatic carboxylic acids is 2. The zero-order valence-electron chi connectivity index (χ0n) is 48.4. The van der Waals surface area contributed by atoms with E-state index in [2.05, 4.69) is 41.9 Å². The van der Waals surface area contributed by atoms with Crippen LogP contribution in [0.25, 0.3) is 0 Å². The summed E-state index contributed by atoms with van der Waals surface area (Å²) in [5.41, 5.74) is 7.37. The van der Waals surface area contributed by atoms with E-state index in [4.69, 9.17) is 13.7 Å². The van der Waals surface area contributed by atoms with Gasteiger partial charge in [-0.2, -0.15) is 0 Å². The average molecular weight is 1200 g/mol. The summed E-state index contributed by atoms with van der Waals surface area (Å²) in [4.78, 5) is 101. The van der Waals surface area contributed by atoms with Crippen molar-refractivity contribution in [1.82, 2.24) is 14.9 Å². The van der Waals surface area contributed by atoms with Gasteiger partial charge in [-0.15, -0.1) is 0 Å². The van der Waals surface area contributed by atoms with Crippen LogP contribution >= 0.6 is 0 Å². The van der Waals surface area contributed by atoms with Crippen molar-refractivity contribution in [1.29, 1.82) is 0 Å². The van der Waals surface area contributed by atoms with Crippen LogP contribution in [0.1, 0.15) is 102 Å². The number of carboxylic acid groups (broad SMARTS) is 2. The summed E-state index contributed by atoms with van der Waals surface area (Å²) < 4.78 is 30.1. The number of nitrogens with one attached hydrogen (secondary N) is 8. The van der Waals surface area contributed by atoms with Crippen LogP contribution in [-0.4, -0.2) is 101 Å². The molecule has 24 heteroatoms. The van der Waals surface area contributed by atoms with Gasteiger partial charge in [0.05, 0.1) is 44.5 Å². The molecule has 0 bridgehead atoms. The summed E-state index contributed by atoms with van der Waals surface area (Å²) in [6.45, 7) is 6.03. The highest BCUT2D eigenvalue weighted by atomic mass is 32.2. The molecule has 1 heterocycles. The van der Waals surface area contributed by atoms with Crippen LogP contribution in [0, 0.1) is 13.8 Å². The van der Waals surface area contributed by atoms with Crippen LogP contribution in [0.5, 0.6) is 11.5 Å². The number of likely N-dealkylation sites (N-methyl/N-ethyl adjacent to an activating group) is 1. The average Bonchev–Trinajstić information content (AvgIpc) is 2.23. The van der Waals surface area contributed by atoms with Gasteiger partial charge in [-0.25, -0.2) is 18.5 Å². The number of unbranched alkanes of at least 4 members (excludes halogenated alkanes) is 1. The first-order chi connectivity index (χ1) is 41.2. The minimum absolute atomic E-state index is 0.115. The van der Waals surface area contributed by atoms with Crippen LogP contribution in [-0.2, 0) is 45.8 Å². The molecule has 1 aliphatic heterocycles. The number of para-hydroxylation sites is 2. The number of hydrogen-bond acceptors (Lipinski definition) is 12. The van der Waals surface area contributed by atoms with Crippen LogP contribution < -0.4 is 51.4 Å². The zero-order chi connectivity index (χ0) is 62.3. The highest BCUT2D eigenvalue weighted by Gasteiger charge is 2.34. The lowest BCUT2D eigenvalue weighted by Crippen LogP contribution is -2.38. The normalized spacial score (nSPS) is 13.6. The number of carbonyl (C=O) groups is 8. The first-order valence-corrected chi connectivity index (χ1v) is 28.6. The Morgan fingerprint density at radius 3 is 1.80 bits per heavy atom. The van der Waals surface area contributed by atoms with E-state index in [9.17, 15) is 52.8 Å². The Bertz CT molecular complexity index is 3400. The Labute approximate surface area is 500 Å². The highest BCUT2D eigenvalue weighted by Crippen LogP contribution is 2.33. The van der Waals surface area contributed by atoms with Gasteiger partial charge in [0.25, 0.3) is 11.8 Å². The number of benzene rings is 6. The van der Waals surface area contributed by atoms with E-state index in [1.807, 2.05) is 57.2 Å². The van der Waals surface area contributed by atoms with Crippen molar-refractivity contribution < 1.29 is 66.4 Å². The number of aryl methyl sites for hydroxylation is 3. The molecule has 454 valence electrons. The van der Waals surface area contributed by atoms with Crippen molar-refractivity contribution in [3.8, 4) is 11.5 Å². The Balaban J connectivity index is 0.000000278. The van der Waals surface area contributed by atoms with Crippen molar-refractivity contribution in [3.63, 3.8) is 0 Å². The van der Waals surface area contributed by atoms with Gasteiger partial charge in [-0.1, -0.05) is 74.0 Å². The van der Waals surface area contributed by atoms with Gasteiger partial charge in [-0.3, -0.25) is 33.0 Å². The standard InChI is InChI=1S/C33H39N5O7S.C29H32N4O7/c1-4-5-19-45-46(44)37-28(32(41)42)12-8-10-22-13-18-27-25(20-22)31(40)38(3)29(30(39)35-27)23-14-16-24(17-15-23)34-33(43)36-26-11-7-6-9-21(26)2;1-18-6-4-5-7-22(18)33-29(38)31-21-11-9-20(10-12-21)30-26(34)14-15-27(35)32-23(17-28(36)37)19-8-13-24(39-2)25(16-19)40-3/h6-7,9,11,13-18,20,28-29,37H,4-5,8,10,12,19H2,1-3H3,(H,35,39)(H,41,42)(H2,34,36,43);4-13,16,23H,14-15,17H2,1-3H3,(H,30,34)(H,32,35)(H,36,37)(H2,31,33,38)/t;23-/m.0/s1. The first-order valence-electron chi connectivity index (χ1n) is 27.5. The van der Waals surface area contributed by atoms with E-state index >= 15 is 0 Å². The fourth-order valence-electron chi connectivity index (χ4n) is 8.86. The maximum atomic E-state index is 13.6. The molecule has 0 saturated heterocycles. The Kier molecular flexibility index (Phi) is 24.7. The second-order valence-corrected chi connectivity index (χ2v) is 20.8. The minimum Gasteiger partial charge on any atom is -0.493 e. The van der Waals surface area contributed by atoms with Crippen LogP contribution in [0.15, 0.2) is 133 Å². The lowest BCUT2D eigenvalue weighted by molar-refractivity contribution is -0.139. The van der Waals surface area contributed by atoms with Gasteiger partial charge in [0.2, 0.25) is 23.1 Å². The molecule has 0 radical (unpaired) electrons. The van der Waals surface area contributed by atoms with Crippen molar-refractivity contribution >= 4 is 93.0 Å². The molecular formula is C62H71N9O14S. The summed E-state index contributed by atoms with van der Waals surface area (Å²) in [7, 11) is 4.50. The summed E-state index contributed by atoms with van der Waals surface area (Å²) in [6.07, 6.45) is 2.07. The minimum atomic E-state index is -1.91. The fourth-order valence-corrected chi connectivity index (χ4v) is 9.65. The lowest BCUT2D eigenvalue weighted by Gasteiger charge is -2.25. The Morgan fingerprint density at radius 1 is 0.674 bits per heavy atom. The van der Waals surface area contributed by atoms with Crippen molar-refractivity contribution in [2.24, 2.45) is 0 Å². The van der Waals surface area contributed by atoms with E-state index in [0.717, 1.165) is 29.5 Å². The molecule has 1 aliphatic rings. The molecule has 3 unspecified atom stereocenters. The van der Waals surface area contributed by atoms with E-state index in [1.54, 1.807) is 104 Å². The molecule has 23 nitrogen and oxygen atoms in total. The van der Waals surface area contributed by atoms with Crippen LogP contribution in [0.2, 0.25) is 0 Å². The number of ether oxygens (including phenoxy) is 2. The molecule has 86 heavy (non-hydrogen) atoms. The van der Waals surface area contributed by atoms with Crippen LogP contribution in [0.4, 0.5) is 43.7 Å². The number of amides is 8. The molecule has 6 aromatic rings. The summed E-state index contributed by atoms with van der Waals surface area (Å²) >= 11 is -1.91. The van der Waals surface area contributed by atoms with E-state index in [1.165, 1.54) is 19.1 Å². The van der Waals surface area contributed by atoms with Crippen molar-refractivity contribution in [3.05, 3.63) is 167 Å². The number of urea groups is 2. The van der Waals surface area contributed by atoms with Crippen molar-refractivity contribution in [2.75, 3.05) is 59.8 Å². The molecule has 0 aromatic heterocycles. The van der Waals surface area contributed by atoms with E-state index < -0.39 is 65.2 Å². The predicted octanol–water partition coefficient (Wildman–Crippen LogP) is 9.87. The lowest BCUT2D eigenvalue weighted by atomic mass is 10.0. The second-order valence-electron chi connectivity index (χ2n) is 19.9. The fraction of sp³-hybridized carbons (Fsp3) is 0.290. The van der Waals surface area contributed by atoms with Gasteiger partial charge >= 0.3 is 24.0 Å². The number of methoxy groups -OCH3 is 2. The summed E-state index contributed by atoms with van der Waals surface area (Å²) in [5.74, 6) is -2.97. The quantitative estimate of drug-likeness (QED) is 0.0226. The first kappa shape index (κ1) is 65.5. The third-order valence-electron chi connectivity index (χ3n) is 13.5. The number of anilines is 6. The Hall–Kier alpha value is -9.65. The SMILES string of the molecule is CCCCOS(=O)NC(CCCc1ccc2c(c1)C(=O)N(C)C(c1ccc(NC(=O)Nc3ccccc3C)cc1)C(=O)N2)C(=O)O.COc1ccc([C@H](CC(=O)O)NC(=O)CCC(=O)Nc2ccc(NC(=O)Nc3ccccc3C)cc2)cc1OC. The van der Waals surface area contributed by atoms with Gasteiger partial charge in [0.15, 0.2) is 11.5 Å². The number of hydrogen-bond donors (Lipinski definition) is 10. The molecule has 0 saturated carbocycles. The number of carbonyl (C=O) groups excluding carboxylic acids is 6. The molecule has 0 aliphatic carbocycles. The van der Waals surface area contributed by atoms with E-state index in [-0.39, 0.29) is 44.1 Å². The summed E-state index contributed by atoms with van der Waals surface area (Å²) in [5, 5.41) is 38.2. The third-order valence-corrected chi connectivity index (χ3v) is 14.4. The van der Waals surface area contributed by atoms with E-state index in [0.29, 0.717) is 75.2 Å². The maximum Gasteiger partial charge on any atom is 0.323 e. The number of fused-ring (bicyclic) bond motifs is 1. The molecule has 7 rings (SSSR count). The smallest absolute Gasteiger partial charge is 0.323 e. The molecular weight excluding hydrogens is 1130 g/mol. The number of carboxylic acids is 2. The summed E-state index contributed by atoms with van der Waals surface area (Å²) in [6, 6.07) is 34.5. The van der Waals surface area contributed by atoms with Gasteiger partial charge < -0.3 is 61.8 Å².